The number of amidine groups is 1. The number of nitrogens with one attached hydrogen (secondary N) is 2. The molecule has 1 aromatic carbocycles. The second-order valence-electron chi connectivity index (χ2n) is 6.57. The number of primary sulfonamides is 1. The largest absolute Gasteiger partial charge is 0.394 e. The van der Waals surface area contributed by atoms with Crippen molar-refractivity contribution in [3.63, 3.8) is 0 Å². The summed E-state index contributed by atoms with van der Waals surface area (Å²) in [4.78, 5) is 4.73. The van der Waals surface area contributed by atoms with Gasteiger partial charge in [0.2, 0.25) is 10.0 Å². The number of aliphatic hydroxyl groups is 1. The summed E-state index contributed by atoms with van der Waals surface area (Å²) in [6.45, 7) is 4.05. The highest BCUT2D eigenvalue weighted by Gasteiger charge is 2.16. The quantitative estimate of drug-likeness (QED) is 0.524. The summed E-state index contributed by atoms with van der Waals surface area (Å²) < 4.78 is 23.5. The third-order valence-electron chi connectivity index (χ3n) is 4.08. The molecule has 0 amide bonds. The van der Waals surface area contributed by atoms with Gasteiger partial charge in [-0.15, -0.1) is 0 Å². The molecule has 0 aliphatic carbocycles. The number of halogens is 1. The molecule has 1 aliphatic heterocycles. The number of aliphatic imine (C=N–C) groups is 1. The van der Waals surface area contributed by atoms with Crippen molar-refractivity contribution in [3.8, 4) is 0 Å². The highest BCUT2D eigenvalue weighted by Crippen LogP contribution is 2.20. The molecule has 1 atom stereocenters. The molecule has 9 heteroatoms. The van der Waals surface area contributed by atoms with Crippen molar-refractivity contribution >= 4 is 37.5 Å². The van der Waals surface area contributed by atoms with E-state index in [1.807, 2.05) is 26.0 Å². The lowest BCUT2D eigenvalue weighted by Crippen LogP contribution is -2.36. The summed E-state index contributed by atoms with van der Waals surface area (Å²) >= 11 is 3.52. The van der Waals surface area contributed by atoms with Gasteiger partial charge in [0.15, 0.2) is 0 Å². The molecule has 0 saturated carbocycles. The van der Waals surface area contributed by atoms with E-state index < -0.39 is 10.0 Å². The smallest absolute Gasteiger partial charge is 0.238 e. The Balaban J connectivity index is 2.25. The highest BCUT2D eigenvalue weighted by molar-refractivity contribution is 9.11. The topological polar surface area (TPSA) is 117 Å². The molecule has 0 fully saturated rings. The predicted octanol–water partition coefficient (Wildman–Crippen LogP) is 2.66. The normalized spacial score (nSPS) is 22.4. The summed E-state index contributed by atoms with van der Waals surface area (Å²) in [6.07, 6.45) is 5.47. The summed E-state index contributed by atoms with van der Waals surface area (Å²) in [6, 6.07) is 6.07. The van der Waals surface area contributed by atoms with Crippen LogP contribution in [-0.2, 0) is 10.0 Å². The number of allylic oxidation sites excluding steroid dienone is 3. The van der Waals surface area contributed by atoms with Crippen LogP contribution in [0.1, 0.15) is 26.7 Å². The summed E-state index contributed by atoms with van der Waals surface area (Å²) in [5.74, 6) is 1.58. The van der Waals surface area contributed by atoms with Crippen LogP contribution < -0.4 is 15.8 Å². The van der Waals surface area contributed by atoms with Gasteiger partial charge in [-0.2, -0.15) is 0 Å². The maximum Gasteiger partial charge on any atom is 0.238 e. The fraction of sp³-hybridized carbons (Fsp3) is 0.389. The number of nitrogens with zero attached hydrogens (tertiary/aromatic N) is 1. The van der Waals surface area contributed by atoms with Gasteiger partial charge < -0.3 is 15.7 Å². The molecule has 1 heterocycles. The van der Waals surface area contributed by atoms with Crippen LogP contribution in [0.4, 0.5) is 5.69 Å². The molecule has 1 aliphatic rings. The lowest BCUT2D eigenvalue weighted by Gasteiger charge is -2.23. The van der Waals surface area contributed by atoms with Gasteiger partial charge in [-0.3, -0.25) is 0 Å². The van der Waals surface area contributed by atoms with Gasteiger partial charge in [0.05, 0.1) is 22.0 Å². The Hall–Kier alpha value is -1.68. The average molecular weight is 457 g/mol. The van der Waals surface area contributed by atoms with E-state index >= 15 is 0 Å². The van der Waals surface area contributed by atoms with E-state index in [0.717, 1.165) is 16.7 Å². The van der Waals surface area contributed by atoms with Gasteiger partial charge in [-0.05, 0) is 58.6 Å². The average Bonchev–Trinajstić information content (AvgIpc) is 2.59. The lowest BCUT2D eigenvalue weighted by molar-refractivity contribution is 0.219. The van der Waals surface area contributed by atoms with Crippen LogP contribution in [0.2, 0.25) is 0 Å². The first kappa shape index (κ1) is 21.6. The fourth-order valence-electron chi connectivity index (χ4n) is 2.42. The predicted molar refractivity (Wildman–Crippen MR) is 112 cm³/mol. The van der Waals surface area contributed by atoms with Crippen molar-refractivity contribution in [1.82, 2.24) is 5.32 Å². The number of hydrogen-bond acceptors (Lipinski definition) is 6. The molecule has 0 aromatic heterocycles. The highest BCUT2D eigenvalue weighted by atomic mass is 79.9. The van der Waals surface area contributed by atoms with E-state index in [1.165, 1.54) is 12.1 Å². The van der Waals surface area contributed by atoms with Crippen molar-refractivity contribution in [2.45, 2.75) is 37.6 Å². The number of sulfonamides is 1. The Morgan fingerprint density at radius 3 is 2.52 bits per heavy atom. The molecule has 7 nitrogen and oxygen atoms in total. The van der Waals surface area contributed by atoms with E-state index in [2.05, 4.69) is 31.6 Å². The van der Waals surface area contributed by atoms with Crippen molar-refractivity contribution < 1.29 is 13.5 Å². The van der Waals surface area contributed by atoms with Crippen LogP contribution in [0.3, 0.4) is 0 Å². The molecule has 2 rings (SSSR count). The zero-order valence-corrected chi connectivity index (χ0v) is 17.7. The minimum absolute atomic E-state index is 0.00152. The maximum atomic E-state index is 11.4. The monoisotopic (exact) mass is 456 g/mol. The molecule has 27 heavy (non-hydrogen) atoms. The summed E-state index contributed by atoms with van der Waals surface area (Å²) in [5, 5.41) is 21.2. The zero-order chi connectivity index (χ0) is 20.0. The lowest BCUT2D eigenvalue weighted by atomic mass is 10.1. The maximum absolute atomic E-state index is 11.4. The van der Waals surface area contributed by atoms with Crippen molar-refractivity contribution in [1.29, 1.82) is 0 Å². The minimum Gasteiger partial charge on any atom is -0.394 e. The summed E-state index contributed by atoms with van der Waals surface area (Å²) in [5.41, 5.74) is 0.712. The molecule has 0 bridgehead atoms. The zero-order valence-electron chi connectivity index (χ0n) is 15.3. The molecule has 0 saturated heterocycles. The minimum atomic E-state index is -3.72. The Bertz CT molecular complexity index is 846. The van der Waals surface area contributed by atoms with Crippen molar-refractivity contribution in [2.75, 3.05) is 11.9 Å². The second kappa shape index (κ2) is 9.50. The molecule has 0 unspecified atom stereocenters. The Labute approximate surface area is 168 Å². The van der Waals surface area contributed by atoms with Gasteiger partial charge in [0.25, 0.3) is 0 Å². The van der Waals surface area contributed by atoms with E-state index in [-0.39, 0.29) is 23.5 Å². The number of hydrogen-bond donors (Lipinski definition) is 4. The molecule has 5 N–H and O–H groups in total. The first-order chi connectivity index (χ1) is 12.7. The first-order valence-electron chi connectivity index (χ1n) is 8.62. The van der Waals surface area contributed by atoms with E-state index in [0.29, 0.717) is 17.9 Å². The van der Waals surface area contributed by atoms with Gasteiger partial charge in [0.1, 0.15) is 11.7 Å². The number of aliphatic hydroxyl groups excluding tert-OH is 1. The Morgan fingerprint density at radius 2 is 1.96 bits per heavy atom. The number of rotatable bonds is 6. The molecule has 0 spiro atoms. The third kappa shape index (κ3) is 6.46. The second-order valence-corrected chi connectivity index (χ2v) is 8.98. The van der Waals surface area contributed by atoms with E-state index in [1.54, 1.807) is 12.1 Å². The van der Waals surface area contributed by atoms with Crippen LogP contribution in [0.5, 0.6) is 0 Å². The van der Waals surface area contributed by atoms with Gasteiger partial charge in [-0.1, -0.05) is 19.9 Å². The SMILES string of the molecule is CC(C)[C@@H](CO)NC1=C(Br)/C=C\CC/C(Nc2ccc(S(N)(=O)=O)cc2)=N\1. The van der Waals surface area contributed by atoms with E-state index in [9.17, 15) is 13.5 Å². The van der Waals surface area contributed by atoms with Crippen LogP contribution in [-0.4, -0.2) is 32.0 Å². The number of nitrogens with two attached hydrogens (primary N) is 1. The Morgan fingerprint density at radius 1 is 1.30 bits per heavy atom. The third-order valence-corrected chi connectivity index (χ3v) is 5.65. The van der Waals surface area contributed by atoms with Crippen LogP contribution in [0.25, 0.3) is 0 Å². The van der Waals surface area contributed by atoms with Crippen LogP contribution in [0.15, 0.2) is 56.6 Å². The molecular formula is C18H25BrN4O3S. The Kier molecular flexibility index (Phi) is 7.60. The van der Waals surface area contributed by atoms with Gasteiger partial charge >= 0.3 is 0 Å². The summed E-state index contributed by atoms with van der Waals surface area (Å²) in [7, 11) is -3.72. The number of benzene rings is 1. The first-order valence-corrected chi connectivity index (χ1v) is 11.0. The van der Waals surface area contributed by atoms with Crippen molar-refractivity contribution in [3.05, 3.63) is 46.7 Å². The standard InChI is InChI=1S/C18H25BrN4O3S/c1-12(2)16(11-24)22-18-15(19)5-3-4-6-17(23-18)21-13-7-9-14(10-8-13)27(20,25)26/h3,5,7-10,12,16,22,24H,4,6,11H2,1-2H3,(H,21,23)(H2,20,25,26)/b5-3-,18-15+/t16-/m1/s1. The fourth-order valence-corrected chi connectivity index (χ4v) is 3.32. The van der Waals surface area contributed by atoms with Crippen molar-refractivity contribution in [2.24, 2.45) is 16.0 Å². The van der Waals surface area contributed by atoms with Gasteiger partial charge in [0, 0.05) is 12.1 Å². The van der Waals surface area contributed by atoms with Crippen LogP contribution in [0, 0.1) is 5.92 Å². The van der Waals surface area contributed by atoms with Gasteiger partial charge in [-0.25, -0.2) is 18.5 Å². The molecule has 0 radical (unpaired) electrons. The van der Waals surface area contributed by atoms with Crippen LogP contribution >= 0.6 is 15.9 Å². The number of anilines is 1. The molecular weight excluding hydrogens is 432 g/mol. The molecule has 148 valence electrons. The van der Waals surface area contributed by atoms with E-state index in [4.69, 9.17) is 5.14 Å². The molecule has 1 aromatic rings.